The summed E-state index contributed by atoms with van der Waals surface area (Å²) in [5, 5.41) is 6.95. The van der Waals surface area contributed by atoms with E-state index in [-0.39, 0.29) is 6.04 Å². The average Bonchev–Trinajstić information content (AvgIpc) is 3.36. The van der Waals surface area contributed by atoms with Gasteiger partial charge in [-0.1, -0.05) is 49.4 Å². The minimum Gasteiger partial charge on any atom is -0.493 e. The standard InChI is InChI=1S/C28H35N7O/c1-4-16-36-24-17-21(10-11-23(24)22-8-6-5-7-9-22)18-30-26-25-27(35(19-31-25)20(2)3)33-28(32-26)34-14-12-29-13-15-34/h5-11,17,19-20,29H,4,12-16,18H2,1-3H3,(H,30,32,33). The van der Waals surface area contributed by atoms with Gasteiger partial charge in [0, 0.05) is 44.3 Å². The van der Waals surface area contributed by atoms with Crippen molar-refractivity contribution < 1.29 is 4.74 Å². The zero-order chi connectivity index (χ0) is 24.9. The van der Waals surface area contributed by atoms with Gasteiger partial charge in [-0.3, -0.25) is 0 Å². The molecule has 4 aromatic rings. The fourth-order valence-corrected chi connectivity index (χ4v) is 4.46. The summed E-state index contributed by atoms with van der Waals surface area (Å²) in [5.41, 5.74) is 5.04. The molecular weight excluding hydrogens is 450 g/mol. The Labute approximate surface area is 212 Å². The van der Waals surface area contributed by atoms with Crippen LogP contribution < -0.4 is 20.3 Å². The molecule has 0 radical (unpaired) electrons. The van der Waals surface area contributed by atoms with Crippen LogP contribution in [0.1, 0.15) is 38.8 Å². The van der Waals surface area contributed by atoms with Gasteiger partial charge < -0.3 is 24.8 Å². The van der Waals surface area contributed by atoms with Gasteiger partial charge in [0.2, 0.25) is 5.95 Å². The number of fused-ring (bicyclic) bond motifs is 1. The molecule has 0 amide bonds. The zero-order valence-electron chi connectivity index (χ0n) is 21.4. The zero-order valence-corrected chi connectivity index (χ0v) is 21.4. The van der Waals surface area contributed by atoms with E-state index in [4.69, 9.17) is 14.7 Å². The van der Waals surface area contributed by atoms with Crippen LogP contribution in [0.4, 0.5) is 11.8 Å². The molecular formula is C28H35N7O. The summed E-state index contributed by atoms with van der Waals surface area (Å²) >= 11 is 0. The van der Waals surface area contributed by atoms with Gasteiger partial charge in [-0.15, -0.1) is 0 Å². The molecule has 0 aliphatic carbocycles. The van der Waals surface area contributed by atoms with Crippen molar-refractivity contribution in [3.63, 3.8) is 0 Å². The van der Waals surface area contributed by atoms with Gasteiger partial charge in [0.15, 0.2) is 17.0 Å². The van der Waals surface area contributed by atoms with E-state index in [0.717, 1.165) is 78.0 Å². The van der Waals surface area contributed by atoms with Gasteiger partial charge in [-0.2, -0.15) is 9.97 Å². The van der Waals surface area contributed by atoms with Crippen LogP contribution in [0.15, 0.2) is 54.9 Å². The Bertz CT molecular complexity index is 1300. The maximum Gasteiger partial charge on any atom is 0.229 e. The molecule has 1 aliphatic heterocycles. The Kier molecular flexibility index (Phi) is 7.32. The second-order valence-electron chi connectivity index (χ2n) is 9.43. The molecule has 5 rings (SSSR count). The summed E-state index contributed by atoms with van der Waals surface area (Å²) in [5.74, 6) is 2.41. The van der Waals surface area contributed by atoms with Gasteiger partial charge in [0.05, 0.1) is 12.9 Å². The molecule has 36 heavy (non-hydrogen) atoms. The number of aromatic nitrogens is 4. The van der Waals surface area contributed by atoms with Crippen LogP contribution in [0.5, 0.6) is 5.75 Å². The third-order valence-electron chi connectivity index (χ3n) is 6.42. The lowest BCUT2D eigenvalue weighted by Crippen LogP contribution is -2.44. The van der Waals surface area contributed by atoms with Gasteiger partial charge in [0.1, 0.15) is 5.75 Å². The number of piperazine rings is 1. The van der Waals surface area contributed by atoms with Crippen molar-refractivity contribution in [3.05, 3.63) is 60.4 Å². The number of benzene rings is 2. The second kappa shape index (κ2) is 11.0. The SMILES string of the molecule is CCCOc1cc(CNc2nc(N3CCNCC3)nc3c2ncn3C(C)C)ccc1-c1ccccc1. The molecule has 188 valence electrons. The molecule has 1 fully saturated rings. The first-order valence-corrected chi connectivity index (χ1v) is 12.9. The Morgan fingerprint density at radius 2 is 1.86 bits per heavy atom. The maximum absolute atomic E-state index is 6.15. The van der Waals surface area contributed by atoms with Crippen molar-refractivity contribution in [3.8, 4) is 16.9 Å². The topological polar surface area (TPSA) is 80.1 Å². The van der Waals surface area contributed by atoms with Crippen LogP contribution in [-0.2, 0) is 6.54 Å². The van der Waals surface area contributed by atoms with Gasteiger partial charge in [-0.25, -0.2) is 4.98 Å². The summed E-state index contributed by atoms with van der Waals surface area (Å²) in [7, 11) is 0. The molecule has 3 heterocycles. The predicted molar refractivity (Wildman–Crippen MR) is 146 cm³/mol. The van der Waals surface area contributed by atoms with E-state index in [9.17, 15) is 0 Å². The van der Waals surface area contributed by atoms with Gasteiger partial charge in [0.25, 0.3) is 0 Å². The first kappa shape index (κ1) is 24.1. The fraction of sp³-hybridized carbons (Fsp3) is 0.393. The van der Waals surface area contributed by atoms with Crippen molar-refractivity contribution in [1.29, 1.82) is 0 Å². The van der Waals surface area contributed by atoms with E-state index in [1.165, 1.54) is 0 Å². The molecule has 0 bridgehead atoms. The summed E-state index contributed by atoms with van der Waals surface area (Å²) in [4.78, 5) is 16.7. The fourth-order valence-electron chi connectivity index (χ4n) is 4.46. The number of hydrogen-bond acceptors (Lipinski definition) is 7. The average molecular weight is 486 g/mol. The van der Waals surface area contributed by atoms with Crippen molar-refractivity contribution in [2.45, 2.75) is 39.8 Å². The van der Waals surface area contributed by atoms with Crippen LogP contribution >= 0.6 is 0 Å². The molecule has 0 spiro atoms. The van der Waals surface area contributed by atoms with Crippen LogP contribution in [0, 0.1) is 0 Å². The maximum atomic E-state index is 6.15. The number of rotatable bonds is 9. The van der Waals surface area contributed by atoms with Crippen molar-refractivity contribution in [2.24, 2.45) is 0 Å². The van der Waals surface area contributed by atoms with E-state index in [0.29, 0.717) is 13.2 Å². The normalized spacial score (nSPS) is 13.9. The molecule has 1 saturated heterocycles. The quantitative estimate of drug-likeness (QED) is 0.350. The number of imidazole rings is 1. The molecule has 2 N–H and O–H groups in total. The van der Waals surface area contributed by atoms with E-state index < -0.39 is 0 Å². The highest BCUT2D eigenvalue weighted by Crippen LogP contribution is 2.32. The van der Waals surface area contributed by atoms with Crippen LogP contribution in [0.3, 0.4) is 0 Å². The summed E-state index contributed by atoms with van der Waals surface area (Å²) in [6.45, 7) is 11.4. The third kappa shape index (κ3) is 5.14. The lowest BCUT2D eigenvalue weighted by atomic mass is 10.0. The highest BCUT2D eigenvalue weighted by molar-refractivity contribution is 5.84. The summed E-state index contributed by atoms with van der Waals surface area (Å²) < 4.78 is 8.26. The molecule has 0 saturated carbocycles. The van der Waals surface area contributed by atoms with Crippen LogP contribution in [-0.4, -0.2) is 52.3 Å². The van der Waals surface area contributed by atoms with Crippen LogP contribution in [0.25, 0.3) is 22.3 Å². The number of ether oxygens (including phenoxy) is 1. The van der Waals surface area contributed by atoms with Gasteiger partial charge in [-0.05, 0) is 37.5 Å². The molecule has 2 aromatic heterocycles. The first-order valence-electron chi connectivity index (χ1n) is 12.9. The molecule has 8 nitrogen and oxygen atoms in total. The molecule has 8 heteroatoms. The third-order valence-corrected chi connectivity index (χ3v) is 6.42. The monoisotopic (exact) mass is 485 g/mol. The Balaban J connectivity index is 1.45. The Morgan fingerprint density at radius 3 is 2.61 bits per heavy atom. The Morgan fingerprint density at radius 1 is 1.06 bits per heavy atom. The number of hydrogen-bond donors (Lipinski definition) is 2. The number of nitrogens with one attached hydrogen (secondary N) is 2. The van der Waals surface area contributed by atoms with E-state index in [1.807, 2.05) is 12.4 Å². The molecule has 0 unspecified atom stereocenters. The van der Waals surface area contributed by atoms with E-state index in [2.05, 4.69) is 88.3 Å². The highest BCUT2D eigenvalue weighted by atomic mass is 16.5. The first-order chi connectivity index (χ1) is 17.6. The lowest BCUT2D eigenvalue weighted by molar-refractivity contribution is 0.318. The van der Waals surface area contributed by atoms with Crippen molar-refractivity contribution >= 4 is 22.9 Å². The predicted octanol–water partition coefficient (Wildman–Crippen LogP) is 4.88. The smallest absolute Gasteiger partial charge is 0.229 e. The van der Waals surface area contributed by atoms with Crippen LogP contribution in [0.2, 0.25) is 0 Å². The minimum absolute atomic E-state index is 0.262. The summed E-state index contributed by atoms with van der Waals surface area (Å²) in [6, 6.07) is 17.1. The highest BCUT2D eigenvalue weighted by Gasteiger charge is 2.20. The lowest BCUT2D eigenvalue weighted by Gasteiger charge is -2.27. The second-order valence-corrected chi connectivity index (χ2v) is 9.43. The molecule has 0 atom stereocenters. The Hall–Kier alpha value is -3.65. The number of nitrogens with zero attached hydrogens (tertiary/aromatic N) is 5. The summed E-state index contributed by atoms with van der Waals surface area (Å²) in [6.07, 6.45) is 2.82. The van der Waals surface area contributed by atoms with Crippen molar-refractivity contribution in [1.82, 2.24) is 24.8 Å². The van der Waals surface area contributed by atoms with Gasteiger partial charge >= 0.3 is 0 Å². The molecule has 2 aromatic carbocycles. The minimum atomic E-state index is 0.262. The van der Waals surface area contributed by atoms with Crippen molar-refractivity contribution in [2.75, 3.05) is 43.0 Å². The number of anilines is 2. The molecule has 1 aliphatic rings. The van der Waals surface area contributed by atoms with E-state index in [1.54, 1.807) is 0 Å². The van der Waals surface area contributed by atoms with E-state index >= 15 is 0 Å². The largest absolute Gasteiger partial charge is 0.493 e.